The highest BCUT2D eigenvalue weighted by molar-refractivity contribution is 5.92. The molecule has 27 heavy (non-hydrogen) atoms. The van der Waals surface area contributed by atoms with Gasteiger partial charge in [-0.05, 0) is 18.2 Å². The summed E-state index contributed by atoms with van der Waals surface area (Å²) in [5.41, 5.74) is -0.967. The van der Waals surface area contributed by atoms with Gasteiger partial charge in [0.1, 0.15) is 17.0 Å². The number of aliphatic imine (C=N–C) groups is 1. The molecule has 0 bridgehead atoms. The van der Waals surface area contributed by atoms with Crippen molar-refractivity contribution < 1.29 is 17.9 Å². The highest BCUT2D eigenvalue weighted by Crippen LogP contribution is 2.36. The summed E-state index contributed by atoms with van der Waals surface area (Å²) in [6, 6.07) is 5.02. The Morgan fingerprint density at radius 3 is 2.78 bits per heavy atom. The number of ether oxygens (including phenoxy) is 1. The van der Waals surface area contributed by atoms with Crippen LogP contribution >= 0.6 is 0 Å². The van der Waals surface area contributed by atoms with Crippen LogP contribution in [0.25, 0.3) is 17.0 Å². The van der Waals surface area contributed by atoms with Crippen LogP contribution in [-0.2, 0) is 10.9 Å². The maximum absolute atomic E-state index is 13.6. The second-order valence-electron chi connectivity index (χ2n) is 5.61. The number of aromatic nitrogens is 4. The third kappa shape index (κ3) is 2.98. The smallest absolute Gasteiger partial charge is 0.435 e. The number of methoxy groups -OCH3 is 1. The van der Waals surface area contributed by atoms with Crippen LogP contribution in [0.4, 0.5) is 19.0 Å². The summed E-state index contributed by atoms with van der Waals surface area (Å²) in [5.74, 6) is 0.316. The molecule has 3 aromatic heterocycles. The van der Waals surface area contributed by atoms with E-state index < -0.39 is 11.9 Å². The van der Waals surface area contributed by atoms with Crippen LogP contribution in [0, 0.1) is 0 Å². The van der Waals surface area contributed by atoms with Crippen LogP contribution in [0.2, 0.25) is 0 Å². The first kappa shape index (κ1) is 17.0. The molecule has 0 saturated heterocycles. The van der Waals surface area contributed by atoms with Crippen LogP contribution in [0.3, 0.4) is 0 Å². The number of hydrogen-bond acceptors (Lipinski definition) is 6. The van der Waals surface area contributed by atoms with Gasteiger partial charge in [-0.1, -0.05) is 6.07 Å². The molecule has 3 aromatic rings. The van der Waals surface area contributed by atoms with Crippen molar-refractivity contribution in [3.05, 3.63) is 54.8 Å². The van der Waals surface area contributed by atoms with Crippen LogP contribution < -0.4 is 4.90 Å². The van der Waals surface area contributed by atoms with Gasteiger partial charge in [0.2, 0.25) is 0 Å². The molecule has 0 aliphatic carbocycles. The van der Waals surface area contributed by atoms with Crippen molar-refractivity contribution in [2.45, 2.75) is 6.18 Å². The lowest BCUT2D eigenvalue weighted by molar-refractivity contribution is -0.140. The molecule has 0 amide bonds. The van der Waals surface area contributed by atoms with Crippen LogP contribution in [0.1, 0.15) is 5.69 Å². The molecule has 0 atom stereocenters. The number of alkyl halides is 3. The van der Waals surface area contributed by atoms with Crippen LogP contribution in [0.15, 0.2) is 54.1 Å². The fourth-order valence-electron chi connectivity index (χ4n) is 2.81. The lowest BCUT2D eigenvalue weighted by atomic mass is 10.2. The first-order valence-corrected chi connectivity index (χ1v) is 7.90. The van der Waals surface area contributed by atoms with E-state index in [1.165, 1.54) is 36.2 Å². The topological polar surface area (TPSA) is 67.9 Å². The molecule has 0 unspecified atom stereocenters. The van der Waals surface area contributed by atoms with E-state index in [1.54, 1.807) is 29.3 Å². The third-order valence-electron chi connectivity index (χ3n) is 3.93. The van der Waals surface area contributed by atoms with Crippen molar-refractivity contribution >= 4 is 17.5 Å². The summed E-state index contributed by atoms with van der Waals surface area (Å²) in [4.78, 5) is 17.9. The summed E-state index contributed by atoms with van der Waals surface area (Å²) < 4.78 is 47.2. The van der Waals surface area contributed by atoms with E-state index in [2.05, 4.69) is 19.9 Å². The Bertz CT molecular complexity index is 1060. The summed E-state index contributed by atoms with van der Waals surface area (Å²) in [6.07, 6.45) is 2.94. The number of imidazole rings is 1. The molecular formula is C17H13F3N6O. The standard InChI is InChI=1S/C17H13F3N6O/c1-27-16-22-6-4-8-26(16)13-10-21-9-11(23-13)14-15(17(18,19)20)24-12-5-2-3-7-25(12)14/h2-7,9-10H,8H2,1H3. The number of halogens is 3. The van der Waals surface area contributed by atoms with E-state index in [0.717, 1.165) is 0 Å². The van der Waals surface area contributed by atoms with Gasteiger partial charge in [0.25, 0.3) is 6.02 Å². The van der Waals surface area contributed by atoms with Gasteiger partial charge in [0.05, 0.1) is 19.5 Å². The quantitative estimate of drug-likeness (QED) is 0.689. The molecular weight excluding hydrogens is 361 g/mol. The Morgan fingerprint density at radius 2 is 2.00 bits per heavy atom. The Kier molecular flexibility index (Phi) is 4.02. The summed E-state index contributed by atoms with van der Waals surface area (Å²) in [7, 11) is 1.45. The highest BCUT2D eigenvalue weighted by atomic mass is 19.4. The first-order chi connectivity index (χ1) is 13.0. The maximum Gasteiger partial charge on any atom is 0.435 e. The summed E-state index contributed by atoms with van der Waals surface area (Å²) >= 11 is 0. The van der Waals surface area contributed by atoms with E-state index in [4.69, 9.17) is 4.74 Å². The minimum absolute atomic E-state index is 0.0449. The molecule has 1 aliphatic heterocycles. The lowest BCUT2D eigenvalue weighted by Gasteiger charge is -2.23. The molecule has 4 rings (SSSR count). The number of hydrogen-bond donors (Lipinski definition) is 0. The van der Waals surface area contributed by atoms with E-state index in [-0.39, 0.29) is 23.1 Å². The van der Waals surface area contributed by atoms with Gasteiger partial charge in [-0.15, -0.1) is 0 Å². The molecule has 138 valence electrons. The Labute approximate surface area is 151 Å². The predicted molar refractivity (Wildman–Crippen MR) is 92.2 cm³/mol. The lowest BCUT2D eigenvalue weighted by Crippen LogP contribution is -2.34. The van der Waals surface area contributed by atoms with Crippen molar-refractivity contribution in [1.82, 2.24) is 19.4 Å². The fourth-order valence-corrected chi connectivity index (χ4v) is 2.81. The normalized spacial score (nSPS) is 14.5. The second-order valence-corrected chi connectivity index (χ2v) is 5.61. The van der Waals surface area contributed by atoms with Gasteiger partial charge in [-0.2, -0.15) is 13.2 Å². The first-order valence-electron chi connectivity index (χ1n) is 7.90. The zero-order valence-corrected chi connectivity index (χ0v) is 14.1. The van der Waals surface area contributed by atoms with Crippen molar-refractivity contribution in [2.24, 2.45) is 4.99 Å². The van der Waals surface area contributed by atoms with Crippen LogP contribution in [0.5, 0.6) is 0 Å². The van der Waals surface area contributed by atoms with Crippen molar-refractivity contribution in [1.29, 1.82) is 0 Å². The predicted octanol–water partition coefficient (Wildman–Crippen LogP) is 3.15. The van der Waals surface area contributed by atoms with Gasteiger partial charge >= 0.3 is 6.18 Å². The number of nitrogens with zero attached hydrogens (tertiary/aromatic N) is 6. The van der Waals surface area contributed by atoms with E-state index in [0.29, 0.717) is 12.4 Å². The second kappa shape index (κ2) is 6.38. The molecule has 7 nitrogen and oxygen atoms in total. The largest absolute Gasteiger partial charge is 0.468 e. The van der Waals surface area contributed by atoms with E-state index in [9.17, 15) is 13.2 Å². The number of fused-ring (bicyclic) bond motifs is 1. The third-order valence-corrected chi connectivity index (χ3v) is 3.93. The number of rotatable bonds is 2. The number of anilines is 1. The Balaban J connectivity index is 1.88. The van der Waals surface area contributed by atoms with Gasteiger partial charge in [-0.25, -0.2) is 15.0 Å². The molecule has 0 aromatic carbocycles. The molecule has 0 radical (unpaired) electrons. The fraction of sp³-hybridized carbons (Fsp3) is 0.176. The van der Waals surface area contributed by atoms with Crippen molar-refractivity contribution in [3.8, 4) is 11.4 Å². The maximum atomic E-state index is 13.6. The summed E-state index contributed by atoms with van der Waals surface area (Å²) in [6.45, 7) is 0.407. The minimum atomic E-state index is -4.63. The molecule has 0 N–H and O–H groups in total. The molecule has 0 spiro atoms. The minimum Gasteiger partial charge on any atom is -0.468 e. The average Bonchev–Trinajstić information content (AvgIpc) is 3.08. The zero-order valence-electron chi connectivity index (χ0n) is 14.1. The number of pyridine rings is 1. The Morgan fingerprint density at radius 1 is 1.15 bits per heavy atom. The Hall–Kier alpha value is -3.43. The molecule has 4 heterocycles. The van der Waals surface area contributed by atoms with Crippen LogP contribution in [-0.4, -0.2) is 39.0 Å². The SMILES string of the molecule is COC1=NC=CCN1c1cncc(-c2c(C(F)(F)F)nc3ccccn23)n1. The van der Waals surface area contributed by atoms with Gasteiger partial charge in [-0.3, -0.25) is 14.3 Å². The number of amidine groups is 1. The van der Waals surface area contributed by atoms with Crippen molar-refractivity contribution in [2.75, 3.05) is 18.6 Å². The van der Waals surface area contributed by atoms with Crippen molar-refractivity contribution in [3.63, 3.8) is 0 Å². The van der Waals surface area contributed by atoms with E-state index in [1.807, 2.05) is 0 Å². The highest BCUT2D eigenvalue weighted by Gasteiger charge is 2.39. The van der Waals surface area contributed by atoms with Gasteiger partial charge in [0.15, 0.2) is 11.5 Å². The van der Waals surface area contributed by atoms with Gasteiger partial charge < -0.3 is 4.74 Å². The molecule has 0 fully saturated rings. The molecule has 10 heteroatoms. The average molecular weight is 374 g/mol. The zero-order chi connectivity index (χ0) is 19.0. The van der Waals surface area contributed by atoms with E-state index >= 15 is 0 Å². The molecule has 0 saturated carbocycles. The van der Waals surface area contributed by atoms with Gasteiger partial charge in [0, 0.05) is 18.9 Å². The summed E-state index contributed by atoms with van der Waals surface area (Å²) in [5, 5.41) is 0. The monoisotopic (exact) mass is 374 g/mol. The molecule has 1 aliphatic rings.